The van der Waals surface area contributed by atoms with E-state index in [1.165, 1.54) is 0 Å². The summed E-state index contributed by atoms with van der Waals surface area (Å²) in [4.78, 5) is 0. The highest BCUT2D eigenvalue weighted by atomic mass is 19.4. The molecule has 0 spiro atoms. The van der Waals surface area contributed by atoms with Crippen LogP contribution in [0.15, 0.2) is 0 Å². The Morgan fingerprint density at radius 3 is 1.90 bits per heavy atom. The Morgan fingerprint density at radius 1 is 1.40 bits per heavy atom. The molecule has 0 aliphatic heterocycles. The predicted octanol–water partition coefficient (Wildman–Crippen LogP) is 2.05. The van der Waals surface area contributed by atoms with Crippen molar-refractivity contribution in [1.82, 2.24) is 5.12 Å². The SMILES string of the molecule is CCN(F)C(F)C(F)(F)F. The molecular formula is C4H6F5N. The predicted molar refractivity (Wildman–Crippen MR) is 24.4 cm³/mol. The second-order valence-electron chi connectivity index (χ2n) is 1.59. The first-order valence-electron chi connectivity index (χ1n) is 2.52. The summed E-state index contributed by atoms with van der Waals surface area (Å²) in [7, 11) is 0. The molecule has 0 aromatic rings. The first-order valence-corrected chi connectivity index (χ1v) is 2.52. The average molecular weight is 163 g/mol. The number of hydrogen-bond donors (Lipinski definition) is 0. The Kier molecular flexibility index (Phi) is 3.01. The molecule has 0 aliphatic rings. The fourth-order valence-corrected chi connectivity index (χ4v) is 0.319. The topological polar surface area (TPSA) is 3.24 Å². The van der Waals surface area contributed by atoms with Crippen molar-refractivity contribution in [2.75, 3.05) is 6.54 Å². The van der Waals surface area contributed by atoms with Gasteiger partial charge in [-0.3, -0.25) is 0 Å². The number of halogens is 5. The highest BCUT2D eigenvalue weighted by Gasteiger charge is 2.44. The Morgan fingerprint density at radius 2 is 1.80 bits per heavy atom. The maximum atomic E-state index is 11.8. The molecule has 0 saturated heterocycles. The molecule has 0 saturated carbocycles. The maximum absolute atomic E-state index is 11.8. The molecule has 6 heteroatoms. The molecule has 1 unspecified atom stereocenters. The fraction of sp³-hybridized carbons (Fsp3) is 1.00. The Hall–Kier alpha value is -0.390. The van der Waals surface area contributed by atoms with E-state index in [-0.39, 0.29) is 0 Å². The normalized spacial score (nSPS) is 15.9. The number of nitrogens with zero attached hydrogens (tertiary/aromatic N) is 1. The summed E-state index contributed by atoms with van der Waals surface area (Å²) in [5.74, 6) is 0. The summed E-state index contributed by atoms with van der Waals surface area (Å²) < 4.78 is 57.2. The lowest BCUT2D eigenvalue weighted by molar-refractivity contribution is -0.259. The molecule has 0 aromatic carbocycles. The minimum atomic E-state index is -5.13. The zero-order valence-electron chi connectivity index (χ0n) is 5.12. The summed E-state index contributed by atoms with van der Waals surface area (Å²) in [6.45, 7) is 0.457. The monoisotopic (exact) mass is 163 g/mol. The van der Waals surface area contributed by atoms with Crippen LogP contribution >= 0.6 is 0 Å². The summed E-state index contributed by atoms with van der Waals surface area (Å²) >= 11 is 0. The van der Waals surface area contributed by atoms with Crippen molar-refractivity contribution in [2.45, 2.75) is 19.4 Å². The lowest BCUT2D eigenvalue weighted by atomic mass is 10.5. The summed E-state index contributed by atoms with van der Waals surface area (Å²) in [5, 5.41) is -0.917. The van der Waals surface area contributed by atoms with E-state index in [1.807, 2.05) is 0 Å². The third kappa shape index (κ3) is 2.47. The first-order chi connectivity index (χ1) is 4.39. The van der Waals surface area contributed by atoms with Gasteiger partial charge in [-0.1, -0.05) is 0 Å². The average Bonchev–Trinajstić information content (AvgIpc) is 1.83. The third-order valence-corrected chi connectivity index (χ3v) is 0.818. The van der Waals surface area contributed by atoms with E-state index in [2.05, 4.69) is 0 Å². The largest absolute Gasteiger partial charge is 0.435 e. The smallest absolute Gasteiger partial charge is 0.217 e. The highest BCUT2D eigenvalue weighted by Crippen LogP contribution is 2.25. The molecule has 62 valence electrons. The van der Waals surface area contributed by atoms with Gasteiger partial charge < -0.3 is 0 Å². The molecule has 0 aliphatic carbocycles. The van der Waals surface area contributed by atoms with Crippen LogP contribution in [-0.2, 0) is 0 Å². The van der Waals surface area contributed by atoms with E-state index < -0.39 is 24.1 Å². The van der Waals surface area contributed by atoms with Gasteiger partial charge in [0.1, 0.15) is 0 Å². The lowest BCUT2D eigenvalue weighted by Gasteiger charge is -2.16. The van der Waals surface area contributed by atoms with E-state index in [9.17, 15) is 22.0 Å². The second-order valence-corrected chi connectivity index (χ2v) is 1.59. The molecule has 0 fully saturated rings. The zero-order valence-corrected chi connectivity index (χ0v) is 5.12. The molecule has 10 heavy (non-hydrogen) atoms. The van der Waals surface area contributed by atoms with Gasteiger partial charge in [0.15, 0.2) is 0 Å². The number of hydrogen-bond acceptors (Lipinski definition) is 1. The Labute approximate surface area is 54.4 Å². The van der Waals surface area contributed by atoms with Crippen LogP contribution in [0, 0.1) is 0 Å². The number of alkyl halides is 4. The van der Waals surface area contributed by atoms with Crippen LogP contribution in [0.25, 0.3) is 0 Å². The maximum Gasteiger partial charge on any atom is 0.435 e. The van der Waals surface area contributed by atoms with Crippen LogP contribution in [0.3, 0.4) is 0 Å². The summed E-state index contributed by atoms with van der Waals surface area (Å²) in [6.07, 6.45) is -8.64. The van der Waals surface area contributed by atoms with Crippen LogP contribution < -0.4 is 0 Å². The van der Waals surface area contributed by atoms with Crippen molar-refractivity contribution in [3.8, 4) is 0 Å². The van der Waals surface area contributed by atoms with Crippen LogP contribution in [-0.4, -0.2) is 24.1 Å². The van der Waals surface area contributed by atoms with E-state index in [4.69, 9.17) is 0 Å². The second kappa shape index (κ2) is 3.14. The van der Waals surface area contributed by atoms with Gasteiger partial charge in [-0.15, -0.1) is 9.60 Å². The molecule has 1 nitrogen and oxygen atoms in total. The van der Waals surface area contributed by atoms with Gasteiger partial charge in [0.25, 0.3) is 6.30 Å². The highest BCUT2D eigenvalue weighted by molar-refractivity contribution is 4.60. The van der Waals surface area contributed by atoms with Crippen LogP contribution in [0.5, 0.6) is 0 Å². The van der Waals surface area contributed by atoms with Gasteiger partial charge in [-0.05, 0) is 6.92 Å². The molecule has 0 rings (SSSR count). The van der Waals surface area contributed by atoms with Crippen molar-refractivity contribution in [1.29, 1.82) is 0 Å². The standard InChI is InChI=1S/C4H6F5N/c1-2-10(9)3(5)4(6,7)8/h3H,2H2,1H3. The molecule has 0 heterocycles. The summed E-state index contributed by atoms with van der Waals surface area (Å²) in [5.41, 5.74) is 0. The Bertz CT molecular complexity index is 100. The van der Waals surface area contributed by atoms with Gasteiger partial charge in [0.2, 0.25) is 0 Å². The molecule has 0 radical (unpaired) electrons. The van der Waals surface area contributed by atoms with Crippen LogP contribution in [0.1, 0.15) is 6.92 Å². The molecule has 0 N–H and O–H groups in total. The number of rotatable bonds is 2. The third-order valence-electron chi connectivity index (χ3n) is 0.818. The van der Waals surface area contributed by atoms with Crippen molar-refractivity contribution in [2.24, 2.45) is 0 Å². The van der Waals surface area contributed by atoms with E-state index >= 15 is 0 Å². The zero-order chi connectivity index (χ0) is 8.36. The quantitative estimate of drug-likeness (QED) is 0.342. The van der Waals surface area contributed by atoms with E-state index in [1.54, 1.807) is 0 Å². The summed E-state index contributed by atoms with van der Waals surface area (Å²) in [6, 6.07) is 0. The Balaban J connectivity index is 3.94. The van der Waals surface area contributed by atoms with Crippen molar-refractivity contribution in [3.63, 3.8) is 0 Å². The molecule has 0 amide bonds. The molecule has 0 aromatic heterocycles. The van der Waals surface area contributed by atoms with E-state index in [0.717, 1.165) is 6.92 Å². The van der Waals surface area contributed by atoms with Crippen molar-refractivity contribution < 1.29 is 22.0 Å². The molecule has 0 bridgehead atoms. The molecular weight excluding hydrogens is 157 g/mol. The van der Waals surface area contributed by atoms with Crippen LogP contribution in [0.4, 0.5) is 22.0 Å². The van der Waals surface area contributed by atoms with Gasteiger partial charge in [0.05, 0.1) is 0 Å². The lowest BCUT2D eigenvalue weighted by Crippen LogP contribution is -2.37. The van der Waals surface area contributed by atoms with Gasteiger partial charge >= 0.3 is 6.18 Å². The van der Waals surface area contributed by atoms with Crippen molar-refractivity contribution >= 4 is 0 Å². The molecule has 1 atom stereocenters. The van der Waals surface area contributed by atoms with E-state index in [0.29, 0.717) is 0 Å². The van der Waals surface area contributed by atoms with Gasteiger partial charge in [-0.2, -0.15) is 13.2 Å². The van der Waals surface area contributed by atoms with Gasteiger partial charge in [0, 0.05) is 6.54 Å². The minimum Gasteiger partial charge on any atom is -0.217 e. The minimum absolute atomic E-state index is 0.624. The van der Waals surface area contributed by atoms with Gasteiger partial charge in [-0.25, -0.2) is 4.39 Å². The first kappa shape index (κ1) is 9.61. The fourth-order valence-electron chi connectivity index (χ4n) is 0.319. The van der Waals surface area contributed by atoms with Crippen molar-refractivity contribution in [3.05, 3.63) is 0 Å². The van der Waals surface area contributed by atoms with Crippen LogP contribution in [0.2, 0.25) is 0 Å².